The van der Waals surface area contributed by atoms with Gasteiger partial charge in [0.05, 0.1) is 5.69 Å². The van der Waals surface area contributed by atoms with Gasteiger partial charge < -0.3 is 10.5 Å². The van der Waals surface area contributed by atoms with Gasteiger partial charge in [-0.1, -0.05) is 45.1 Å². The predicted octanol–water partition coefficient (Wildman–Crippen LogP) is 7.13. The minimum Gasteiger partial charge on any atom is -0.705 e. The van der Waals surface area contributed by atoms with Crippen molar-refractivity contribution in [1.82, 2.24) is 0 Å². The third kappa shape index (κ3) is 8.02. The van der Waals surface area contributed by atoms with E-state index in [1.54, 1.807) is 0 Å². The normalized spacial score (nSPS) is 11.8. The molecule has 2 N–H and O–H groups in total. The number of allylic oxidation sites excluding steroid dienone is 3. The Hall–Kier alpha value is -0.698. The van der Waals surface area contributed by atoms with E-state index in [1.165, 1.54) is 18.0 Å². The predicted molar refractivity (Wildman–Crippen MR) is 103 cm³/mol. The third-order valence-electron chi connectivity index (χ3n) is 3.58. The van der Waals surface area contributed by atoms with E-state index >= 15 is 0 Å². The molecule has 1 aromatic carbocycles. The summed E-state index contributed by atoms with van der Waals surface area (Å²) in [6, 6.07) is 2.31. The standard InChI is InChI=1S/C19H25F2N2S.U/c1-5-7-16(6-2)24-23-18-12-15(20)11-17(19(18)21)14(4)10-13(3)8-9-22;/h8-9,11-12,16,22-23H,3-7,10H2,1-2H3;/q-1;/b9-8-;. The summed E-state index contributed by atoms with van der Waals surface area (Å²) < 4.78 is 31.5. The van der Waals surface area contributed by atoms with Gasteiger partial charge >= 0.3 is 0 Å². The summed E-state index contributed by atoms with van der Waals surface area (Å²) in [5.74, 6) is -1.02. The molecule has 0 spiro atoms. The molecule has 1 aromatic rings. The summed E-state index contributed by atoms with van der Waals surface area (Å²) >= 11 is 1.42. The maximum Gasteiger partial charge on any atom is 0.154 e. The number of hydrogen-bond acceptors (Lipinski definition) is 2. The van der Waals surface area contributed by atoms with Gasteiger partial charge in [-0.05, 0) is 42.8 Å². The second-order valence-electron chi connectivity index (χ2n) is 5.63. The minimum absolute atomic E-state index is 0. The van der Waals surface area contributed by atoms with E-state index in [0.29, 0.717) is 16.4 Å². The summed E-state index contributed by atoms with van der Waals surface area (Å²) in [5.41, 5.74) is 8.35. The topological polar surface area (TPSA) is 35.8 Å². The Morgan fingerprint density at radius 3 is 2.56 bits per heavy atom. The summed E-state index contributed by atoms with van der Waals surface area (Å²) in [6.45, 7) is 11.8. The van der Waals surface area contributed by atoms with Crippen LogP contribution in [0.3, 0.4) is 0 Å². The van der Waals surface area contributed by atoms with Crippen molar-refractivity contribution < 1.29 is 39.9 Å². The zero-order chi connectivity index (χ0) is 18.1. The average Bonchev–Trinajstić information content (AvgIpc) is 2.53. The van der Waals surface area contributed by atoms with Crippen LogP contribution < -0.4 is 4.72 Å². The second kappa shape index (κ2) is 12.6. The van der Waals surface area contributed by atoms with Crippen LogP contribution in [0.5, 0.6) is 0 Å². The average molecular weight is 590 g/mol. The van der Waals surface area contributed by atoms with Crippen LogP contribution in [-0.4, -0.2) is 5.25 Å². The van der Waals surface area contributed by atoms with E-state index in [0.717, 1.165) is 37.6 Å². The van der Waals surface area contributed by atoms with Crippen LogP contribution in [0.4, 0.5) is 14.5 Å². The van der Waals surface area contributed by atoms with Gasteiger partial charge in [-0.3, -0.25) is 0 Å². The summed E-state index contributed by atoms with van der Waals surface area (Å²) in [4.78, 5) is 0. The van der Waals surface area contributed by atoms with Crippen molar-refractivity contribution in [1.29, 1.82) is 0 Å². The Balaban J connectivity index is 0.00000576. The number of rotatable bonds is 10. The van der Waals surface area contributed by atoms with Crippen molar-refractivity contribution >= 4 is 23.2 Å². The molecule has 0 aliphatic carbocycles. The maximum absolute atomic E-state index is 14.7. The minimum atomic E-state index is -0.513. The van der Waals surface area contributed by atoms with Crippen molar-refractivity contribution in [2.45, 2.75) is 44.8 Å². The van der Waals surface area contributed by atoms with Crippen LogP contribution in [0.15, 0.2) is 43.1 Å². The molecular formula is C19H25F2N2SU-. The fourth-order valence-electron chi connectivity index (χ4n) is 2.28. The number of halogens is 2. The van der Waals surface area contributed by atoms with E-state index in [2.05, 4.69) is 31.7 Å². The molecule has 6 heteroatoms. The molecule has 0 aliphatic rings. The molecule has 0 amide bonds. The van der Waals surface area contributed by atoms with Crippen LogP contribution in [0.25, 0.3) is 11.3 Å². The number of benzene rings is 1. The first-order valence-corrected chi connectivity index (χ1v) is 8.91. The van der Waals surface area contributed by atoms with Gasteiger partial charge in [-0.2, -0.15) is 6.20 Å². The zero-order valence-corrected chi connectivity index (χ0v) is 19.8. The Labute approximate surface area is 177 Å². The van der Waals surface area contributed by atoms with Crippen molar-refractivity contribution in [3.8, 4) is 0 Å². The van der Waals surface area contributed by atoms with Gasteiger partial charge in [0.2, 0.25) is 0 Å². The molecule has 0 bridgehead atoms. The molecule has 0 saturated carbocycles. The molecule has 1 rings (SSSR count). The van der Waals surface area contributed by atoms with Crippen LogP contribution in [0.2, 0.25) is 0 Å². The van der Waals surface area contributed by atoms with E-state index < -0.39 is 11.6 Å². The largest absolute Gasteiger partial charge is 0.705 e. The smallest absolute Gasteiger partial charge is 0.154 e. The van der Waals surface area contributed by atoms with Crippen molar-refractivity contribution in [3.63, 3.8) is 0 Å². The quantitative estimate of drug-likeness (QED) is 0.233. The Morgan fingerprint density at radius 2 is 2.00 bits per heavy atom. The molecule has 0 aliphatic heterocycles. The summed E-state index contributed by atoms with van der Waals surface area (Å²) in [7, 11) is 0. The number of nitrogens with one attached hydrogen (secondary N) is 2. The van der Waals surface area contributed by atoms with E-state index in [1.807, 2.05) is 0 Å². The summed E-state index contributed by atoms with van der Waals surface area (Å²) in [5, 5.41) is 0.353. The molecule has 136 valence electrons. The first-order chi connectivity index (χ1) is 11.4. The summed E-state index contributed by atoms with van der Waals surface area (Å²) in [6.07, 6.45) is 5.93. The van der Waals surface area contributed by atoms with Crippen LogP contribution >= 0.6 is 11.9 Å². The van der Waals surface area contributed by atoms with Crippen LogP contribution in [-0.2, 0) is 0 Å². The first-order valence-electron chi connectivity index (χ1n) is 8.03. The maximum atomic E-state index is 14.7. The number of anilines is 1. The monoisotopic (exact) mass is 589 g/mol. The molecule has 0 aromatic heterocycles. The van der Waals surface area contributed by atoms with Crippen LogP contribution in [0, 0.1) is 42.7 Å². The molecular weight excluding hydrogens is 564 g/mol. The van der Waals surface area contributed by atoms with Crippen molar-refractivity contribution in [2.24, 2.45) is 0 Å². The van der Waals surface area contributed by atoms with E-state index in [-0.39, 0.29) is 48.8 Å². The molecule has 1 unspecified atom stereocenters. The van der Waals surface area contributed by atoms with Gasteiger partial charge in [0.1, 0.15) is 5.82 Å². The van der Waals surface area contributed by atoms with Gasteiger partial charge in [-0.25, -0.2) is 8.78 Å². The van der Waals surface area contributed by atoms with Gasteiger partial charge in [0.25, 0.3) is 0 Å². The third-order valence-corrected chi connectivity index (χ3v) is 4.82. The fraction of sp³-hybridized carbons (Fsp3) is 0.368. The molecule has 0 saturated heterocycles. The number of hydrogen-bond donors (Lipinski definition) is 1. The fourth-order valence-corrected chi connectivity index (χ4v) is 3.24. The molecule has 1 atom stereocenters. The molecule has 25 heavy (non-hydrogen) atoms. The second-order valence-corrected chi connectivity index (χ2v) is 6.73. The SMILES string of the molecule is C=C(/C=C\[NH-])CC(=C)c1cc(F)cc(NSC(CC)CCC)c1F.[U]. The van der Waals surface area contributed by atoms with Gasteiger partial charge in [-0.15, -0.1) is 0 Å². The van der Waals surface area contributed by atoms with Gasteiger partial charge in [0.15, 0.2) is 5.82 Å². The Kier molecular flexibility index (Phi) is 12.3. The first kappa shape index (κ1) is 24.3. The van der Waals surface area contributed by atoms with Crippen molar-refractivity contribution in [3.05, 3.63) is 66.1 Å². The Morgan fingerprint density at radius 1 is 1.32 bits per heavy atom. The molecule has 0 fully saturated rings. The molecule has 2 nitrogen and oxygen atoms in total. The zero-order valence-electron chi connectivity index (χ0n) is 14.8. The van der Waals surface area contributed by atoms with Gasteiger partial charge in [0, 0.05) is 48.0 Å². The van der Waals surface area contributed by atoms with Crippen LogP contribution in [0.1, 0.15) is 45.1 Å². The Bertz CT molecular complexity index is 618. The van der Waals surface area contributed by atoms with Crippen molar-refractivity contribution in [2.75, 3.05) is 4.72 Å². The molecule has 0 radical (unpaired) electrons. The molecule has 0 heterocycles. The van der Waals surface area contributed by atoms with E-state index in [4.69, 9.17) is 5.73 Å². The van der Waals surface area contributed by atoms with E-state index in [9.17, 15) is 8.78 Å².